The molecule has 98 valence electrons. The summed E-state index contributed by atoms with van der Waals surface area (Å²) in [6.07, 6.45) is 3.15. The molecule has 0 aliphatic carbocycles. The lowest BCUT2D eigenvalue weighted by atomic mass is 10.1. The Morgan fingerprint density at radius 1 is 1.56 bits per heavy atom. The fraction of sp³-hybridized carbons (Fsp3) is 0.545. The highest BCUT2D eigenvalue weighted by molar-refractivity contribution is 5.60. The third kappa shape index (κ3) is 2.51. The van der Waals surface area contributed by atoms with Crippen molar-refractivity contribution < 1.29 is 9.66 Å². The van der Waals surface area contributed by atoms with Crippen molar-refractivity contribution in [1.82, 2.24) is 4.98 Å². The third-order valence-electron chi connectivity index (χ3n) is 3.09. The Kier molecular flexibility index (Phi) is 3.61. The molecule has 0 unspecified atom stereocenters. The molecule has 2 heterocycles. The average molecular weight is 252 g/mol. The maximum Gasteiger partial charge on any atom is 0.315 e. The molecule has 1 fully saturated rings. The summed E-state index contributed by atoms with van der Waals surface area (Å²) in [6, 6.07) is 1.58. The van der Waals surface area contributed by atoms with Crippen LogP contribution in [0.4, 0.5) is 11.5 Å². The van der Waals surface area contributed by atoms with Crippen LogP contribution < -0.4 is 15.4 Å². The van der Waals surface area contributed by atoms with Crippen LogP contribution in [0.2, 0.25) is 0 Å². The van der Waals surface area contributed by atoms with Gasteiger partial charge in [-0.15, -0.1) is 0 Å². The highest BCUT2D eigenvalue weighted by Gasteiger charge is 2.25. The number of methoxy groups -OCH3 is 1. The predicted molar refractivity (Wildman–Crippen MR) is 66.9 cm³/mol. The van der Waals surface area contributed by atoms with Crippen LogP contribution in [0.1, 0.15) is 12.8 Å². The molecule has 1 aliphatic rings. The van der Waals surface area contributed by atoms with Crippen LogP contribution in [0.5, 0.6) is 5.75 Å². The summed E-state index contributed by atoms with van der Waals surface area (Å²) in [5.74, 6) is 0.784. The second kappa shape index (κ2) is 5.18. The van der Waals surface area contributed by atoms with Gasteiger partial charge in [-0.05, 0) is 12.8 Å². The van der Waals surface area contributed by atoms with E-state index in [2.05, 4.69) is 4.98 Å². The van der Waals surface area contributed by atoms with Crippen molar-refractivity contribution in [3.05, 3.63) is 22.4 Å². The average Bonchev–Trinajstić information content (AvgIpc) is 2.39. The molecule has 0 atom stereocenters. The van der Waals surface area contributed by atoms with Gasteiger partial charge in [0.2, 0.25) is 5.82 Å². The molecule has 0 spiro atoms. The molecular formula is C11H16N4O3. The first-order chi connectivity index (χ1) is 8.61. The molecule has 1 aliphatic heterocycles. The molecule has 1 saturated heterocycles. The van der Waals surface area contributed by atoms with E-state index in [4.69, 9.17) is 10.5 Å². The maximum absolute atomic E-state index is 11.1. The van der Waals surface area contributed by atoms with Crippen molar-refractivity contribution >= 4 is 11.5 Å². The lowest BCUT2D eigenvalue weighted by Crippen LogP contribution is -2.40. The molecular weight excluding hydrogens is 236 g/mol. The van der Waals surface area contributed by atoms with Crippen LogP contribution in [0.15, 0.2) is 12.3 Å². The standard InChI is InChI=1S/C11H16N4O3/c1-18-9-6-10(15(16)17)11(13-7-9)14-4-2-8(12)3-5-14/h6-8H,2-5,12H2,1H3. The van der Waals surface area contributed by atoms with Crippen molar-refractivity contribution in [2.45, 2.75) is 18.9 Å². The van der Waals surface area contributed by atoms with E-state index in [-0.39, 0.29) is 11.7 Å². The lowest BCUT2D eigenvalue weighted by Gasteiger charge is -2.30. The minimum absolute atomic E-state index is 0.0233. The molecule has 2 rings (SSSR count). The lowest BCUT2D eigenvalue weighted by molar-refractivity contribution is -0.384. The minimum atomic E-state index is -0.431. The van der Waals surface area contributed by atoms with Gasteiger partial charge >= 0.3 is 5.69 Å². The summed E-state index contributed by atoms with van der Waals surface area (Å²) in [5, 5.41) is 11.1. The van der Waals surface area contributed by atoms with E-state index in [9.17, 15) is 10.1 Å². The summed E-state index contributed by atoms with van der Waals surface area (Å²) >= 11 is 0. The molecule has 18 heavy (non-hydrogen) atoms. The van der Waals surface area contributed by atoms with Gasteiger partial charge in [0.15, 0.2) is 0 Å². The number of hydrogen-bond acceptors (Lipinski definition) is 6. The summed E-state index contributed by atoms with van der Waals surface area (Å²) in [5.41, 5.74) is 5.79. The first-order valence-corrected chi connectivity index (χ1v) is 5.80. The number of anilines is 1. The number of pyridine rings is 1. The number of aromatic nitrogens is 1. The molecule has 2 N–H and O–H groups in total. The Bertz CT molecular complexity index is 444. The Morgan fingerprint density at radius 2 is 2.22 bits per heavy atom. The number of ether oxygens (including phenoxy) is 1. The molecule has 0 saturated carbocycles. The number of nitrogens with two attached hydrogens (primary N) is 1. The van der Waals surface area contributed by atoms with Crippen molar-refractivity contribution in [3.8, 4) is 5.75 Å². The van der Waals surface area contributed by atoms with Gasteiger partial charge in [0, 0.05) is 19.1 Å². The number of nitrogens with zero attached hydrogens (tertiary/aromatic N) is 3. The Labute approximate surface area is 105 Å². The number of hydrogen-bond donors (Lipinski definition) is 1. The molecule has 1 aromatic heterocycles. The fourth-order valence-corrected chi connectivity index (χ4v) is 2.03. The molecule has 1 aromatic rings. The van der Waals surface area contributed by atoms with Crippen LogP contribution in [0.3, 0.4) is 0 Å². The van der Waals surface area contributed by atoms with E-state index < -0.39 is 4.92 Å². The largest absolute Gasteiger partial charge is 0.495 e. The van der Waals surface area contributed by atoms with E-state index in [1.807, 2.05) is 4.90 Å². The van der Waals surface area contributed by atoms with E-state index in [0.29, 0.717) is 24.7 Å². The van der Waals surface area contributed by atoms with Crippen molar-refractivity contribution in [1.29, 1.82) is 0 Å². The molecule has 0 radical (unpaired) electrons. The second-order valence-corrected chi connectivity index (χ2v) is 4.30. The molecule has 0 amide bonds. The maximum atomic E-state index is 11.1. The summed E-state index contributed by atoms with van der Waals surface area (Å²) < 4.78 is 4.96. The highest BCUT2D eigenvalue weighted by Crippen LogP contribution is 2.30. The Hall–Kier alpha value is -1.89. The fourth-order valence-electron chi connectivity index (χ4n) is 2.03. The topological polar surface area (TPSA) is 94.5 Å². The Balaban J connectivity index is 2.29. The normalized spacial score (nSPS) is 16.7. The second-order valence-electron chi connectivity index (χ2n) is 4.30. The van der Waals surface area contributed by atoms with Gasteiger partial charge in [-0.2, -0.15) is 0 Å². The molecule has 7 nitrogen and oxygen atoms in total. The zero-order valence-corrected chi connectivity index (χ0v) is 10.2. The monoisotopic (exact) mass is 252 g/mol. The van der Waals surface area contributed by atoms with Crippen LogP contribution >= 0.6 is 0 Å². The van der Waals surface area contributed by atoms with Gasteiger partial charge < -0.3 is 15.4 Å². The van der Waals surface area contributed by atoms with Gasteiger partial charge in [0.1, 0.15) is 5.75 Å². The zero-order valence-electron chi connectivity index (χ0n) is 10.2. The van der Waals surface area contributed by atoms with E-state index >= 15 is 0 Å². The van der Waals surface area contributed by atoms with Crippen LogP contribution in [0.25, 0.3) is 0 Å². The van der Waals surface area contributed by atoms with Gasteiger partial charge in [0.25, 0.3) is 0 Å². The first-order valence-electron chi connectivity index (χ1n) is 5.80. The smallest absolute Gasteiger partial charge is 0.315 e. The van der Waals surface area contributed by atoms with Crippen LogP contribution in [0, 0.1) is 10.1 Å². The molecule has 0 aromatic carbocycles. The van der Waals surface area contributed by atoms with Crippen molar-refractivity contribution in [3.63, 3.8) is 0 Å². The van der Waals surface area contributed by atoms with E-state index in [1.165, 1.54) is 19.4 Å². The summed E-state index contributed by atoms with van der Waals surface area (Å²) in [4.78, 5) is 16.7. The van der Waals surface area contributed by atoms with Gasteiger partial charge in [-0.3, -0.25) is 10.1 Å². The predicted octanol–water partition coefficient (Wildman–Crippen LogP) is 0.926. The molecule has 0 bridgehead atoms. The number of nitro groups is 1. The number of piperidine rings is 1. The van der Waals surface area contributed by atoms with E-state index in [1.54, 1.807) is 0 Å². The first kappa shape index (κ1) is 12.6. The minimum Gasteiger partial charge on any atom is -0.495 e. The third-order valence-corrected chi connectivity index (χ3v) is 3.09. The summed E-state index contributed by atoms with van der Waals surface area (Å²) in [6.45, 7) is 1.39. The number of rotatable bonds is 3. The van der Waals surface area contributed by atoms with Gasteiger partial charge in [-0.1, -0.05) is 0 Å². The Morgan fingerprint density at radius 3 is 2.78 bits per heavy atom. The SMILES string of the molecule is COc1cnc(N2CCC(N)CC2)c([N+](=O)[O-])c1. The summed E-state index contributed by atoms with van der Waals surface area (Å²) in [7, 11) is 1.46. The van der Waals surface area contributed by atoms with Gasteiger partial charge in [0.05, 0.1) is 24.3 Å². The van der Waals surface area contributed by atoms with Crippen LogP contribution in [-0.4, -0.2) is 36.1 Å². The van der Waals surface area contributed by atoms with Crippen LogP contribution in [-0.2, 0) is 0 Å². The van der Waals surface area contributed by atoms with E-state index in [0.717, 1.165) is 12.8 Å². The zero-order chi connectivity index (χ0) is 13.1. The van der Waals surface area contributed by atoms with Crippen molar-refractivity contribution in [2.24, 2.45) is 5.73 Å². The highest BCUT2D eigenvalue weighted by atomic mass is 16.6. The molecule has 7 heteroatoms. The van der Waals surface area contributed by atoms with Gasteiger partial charge in [-0.25, -0.2) is 4.98 Å². The van der Waals surface area contributed by atoms with Crippen molar-refractivity contribution in [2.75, 3.05) is 25.1 Å². The quantitative estimate of drug-likeness (QED) is 0.635.